The maximum Gasteiger partial charge on any atom is 0.0925 e. The smallest absolute Gasteiger partial charge is 0.0925 e. The Hall–Kier alpha value is -1.13. The molecule has 2 aromatic rings. The Balaban J connectivity index is 1.80. The van der Waals surface area contributed by atoms with Gasteiger partial charge in [-0.2, -0.15) is 0 Å². The number of nitrogens with zero attached hydrogens (tertiary/aromatic N) is 1. The van der Waals surface area contributed by atoms with Crippen molar-refractivity contribution < 1.29 is 0 Å². The SMILES string of the molecule is Cc1[nH]cnc1CNC(C)Cc1cccs1. The summed E-state index contributed by atoms with van der Waals surface area (Å²) in [6.45, 7) is 5.09. The van der Waals surface area contributed by atoms with Gasteiger partial charge in [0.1, 0.15) is 0 Å². The fourth-order valence-electron chi connectivity index (χ4n) is 1.64. The maximum absolute atomic E-state index is 4.27. The predicted molar refractivity (Wildman–Crippen MR) is 67.6 cm³/mol. The van der Waals surface area contributed by atoms with Crippen molar-refractivity contribution >= 4 is 11.3 Å². The van der Waals surface area contributed by atoms with Crippen LogP contribution in [0.25, 0.3) is 0 Å². The number of H-pyrrole nitrogens is 1. The first kappa shape index (κ1) is 11.4. The van der Waals surface area contributed by atoms with E-state index < -0.39 is 0 Å². The Bertz CT molecular complexity index is 419. The number of hydrogen-bond acceptors (Lipinski definition) is 3. The fraction of sp³-hybridized carbons (Fsp3) is 0.417. The molecular weight excluding hydrogens is 218 g/mol. The van der Waals surface area contributed by atoms with Crippen molar-refractivity contribution in [2.24, 2.45) is 0 Å². The van der Waals surface area contributed by atoms with E-state index in [0.717, 1.165) is 24.4 Å². The minimum atomic E-state index is 0.481. The maximum atomic E-state index is 4.27. The van der Waals surface area contributed by atoms with E-state index in [4.69, 9.17) is 0 Å². The summed E-state index contributed by atoms with van der Waals surface area (Å²) < 4.78 is 0. The van der Waals surface area contributed by atoms with Gasteiger partial charge in [-0.3, -0.25) is 0 Å². The van der Waals surface area contributed by atoms with Gasteiger partial charge in [0, 0.05) is 23.2 Å². The molecule has 1 unspecified atom stereocenters. The van der Waals surface area contributed by atoms with Crippen LogP contribution in [-0.2, 0) is 13.0 Å². The van der Waals surface area contributed by atoms with Gasteiger partial charge < -0.3 is 10.3 Å². The lowest BCUT2D eigenvalue weighted by molar-refractivity contribution is 0.543. The van der Waals surface area contributed by atoms with E-state index in [1.807, 2.05) is 18.3 Å². The van der Waals surface area contributed by atoms with Gasteiger partial charge in [0.15, 0.2) is 0 Å². The van der Waals surface area contributed by atoms with Crippen molar-refractivity contribution in [1.29, 1.82) is 0 Å². The summed E-state index contributed by atoms with van der Waals surface area (Å²) in [5.41, 5.74) is 2.26. The molecule has 0 aliphatic carbocycles. The van der Waals surface area contributed by atoms with Crippen molar-refractivity contribution in [1.82, 2.24) is 15.3 Å². The van der Waals surface area contributed by atoms with E-state index in [1.165, 1.54) is 4.88 Å². The average Bonchev–Trinajstić information content (AvgIpc) is 2.87. The number of aromatic nitrogens is 2. The molecule has 0 fully saturated rings. The van der Waals surface area contributed by atoms with Gasteiger partial charge in [0.05, 0.1) is 12.0 Å². The molecule has 0 saturated carbocycles. The molecule has 0 aliphatic heterocycles. The van der Waals surface area contributed by atoms with E-state index >= 15 is 0 Å². The van der Waals surface area contributed by atoms with E-state index in [2.05, 4.69) is 39.7 Å². The summed E-state index contributed by atoms with van der Waals surface area (Å²) in [5, 5.41) is 5.61. The van der Waals surface area contributed by atoms with Gasteiger partial charge in [0.25, 0.3) is 0 Å². The second kappa shape index (κ2) is 5.27. The van der Waals surface area contributed by atoms with Crippen LogP contribution >= 0.6 is 11.3 Å². The highest BCUT2D eigenvalue weighted by Gasteiger charge is 2.06. The molecule has 3 nitrogen and oxygen atoms in total. The van der Waals surface area contributed by atoms with Crippen molar-refractivity contribution in [3.05, 3.63) is 40.1 Å². The van der Waals surface area contributed by atoms with Crippen LogP contribution in [0.4, 0.5) is 0 Å². The molecule has 0 radical (unpaired) electrons. The Morgan fingerprint density at radius 1 is 1.56 bits per heavy atom. The summed E-state index contributed by atoms with van der Waals surface area (Å²) >= 11 is 1.82. The van der Waals surface area contributed by atoms with Gasteiger partial charge in [-0.25, -0.2) is 4.98 Å². The molecule has 0 aromatic carbocycles. The largest absolute Gasteiger partial charge is 0.348 e. The molecule has 16 heavy (non-hydrogen) atoms. The van der Waals surface area contributed by atoms with Crippen molar-refractivity contribution in [3.8, 4) is 0 Å². The molecule has 0 saturated heterocycles. The molecule has 4 heteroatoms. The lowest BCUT2D eigenvalue weighted by Crippen LogP contribution is -2.27. The second-order valence-corrected chi connectivity index (χ2v) is 5.07. The molecule has 0 aliphatic rings. The number of thiophene rings is 1. The molecule has 2 N–H and O–H groups in total. The van der Waals surface area contributed by atoms with Crippen LogP contribution < -0.4 is 5.32 Å². The minimum absolute atomic E-state index is 0.481. The van der Waals surface area contributed by atoms with Gasteiger partial charge in [-0.05, 0) is 31.7 Å². The van der Waals surface area contributed by atoms with Gasteiger partial charge in [-0.15, -0.1) is 11.3 Å². The zero-order valence-corrected chi connectivity index (χ0v) is 10.5. The Morgan fingerprint density at radius 2 is 2.44 bits per heavy atom. The van der Waals surface area contributed by atoms with E-state index in [0.29, 0.717) is 6.04 Å². The van der Waals surface area contributed by atoms with Gasteiger partial charge in [-0.1, -0.05) is 6.07 Å². The van der Waals surface area contributed by atoms with E-state index in [1.54, 1.807) is 6.33 Å². The molecule has 0 amide bonds. The van der Waals surface area contributed by atoms with Crippen LogP contribution in [0, 0.1) is 6.92 Å². The molecule has 86 valence electrons. The minimum Gasteiger partial charge on any atom is -0.348 e. The lowest BCUT2D eigenvalue weighted by Gasteiger charge is -2.11. The number of rotatable bonds is 5. The Morgan fingerprint density at radius 3 is 3.06 bits per heavy atom. The molecule has 2 heterocycles. The normalized spacial score (nSPS) is 12.9. The summed E-state index contributed by atoms with van der Waals surface area (Å²) in [5.74, 6) is 0. The third-order valence-corrected chi connectivity index (χ3v) is 3.54. The molecule has 2 rings (SSSR count). The van der Waals surface area contributed by atoms with Crippen molar-refractivity contribution in [3.63, 3.8) is 0 Å². The topological polar surface area (TPSA) is 40.7 Å². The lowest BCUT2D eigenvalue weighted by atomic mass is 10.2. The first-order valence-electron chi connectivity index (χ1n) is 5.50. The first-order valence-corrected chi connectivity index (χ1v) is 6.38. The summed E-state index contributed by atoms with van der Waals surface area (Å²) in [7, 11) is 0. The van der Waals surface area contributed by atoms with Crippen molar-refractivity contribution in [2.45, 2.75) is 32.9 Å². The van der Waals surface area contributed by atoms with E-state index in [9.17, 15) is 0 Å². The quantitative estimate of drug-likeness (QED) is 0.836. The standard InChI is InChI=1S/C12H17N3S/c1-9(6-11-4-3-5-16-11)13-7-12-10(2)14-8-15-12/h3-5,8-9,13H,6-7H2,1-2H3,(H,14,15). The van der Waals surface area contributed by atoms with E-state index in [-0.39, 0.29) is 0 Å². The average molecular weight is 235 g/mol. The molecule has 0 spiro atoms. The second-order valence-electron chi connectivity index (χ2n) is 4.04. The zero-order valence-electron chi connectivity index (χ0n) is 9.66. The van der Waals surface area contributed by atoms with Gasteiger partial charge in [0.2, 0.25) is 0 Å². The monoisotopic (exact) mass is 235 g/mol. The third-order valence-electron chi connectivity index (χ3n) is 2.64. The number of aromatic amines is 1. The highest BCUT2D eigenvalue weighted by atomic mass is 32.1. The molecule has 0 bridgehead atoms. The molecule has 1 atom stereocenters. The third kappa shape index (κ3) is 2.93. The zero-order chi connectivity index (χ0) is 11.4. The Kier molecular flexibility index (Phi) is 3.74. The number of imidazole rings is 1. The Labute approximate surface area is 99.9 Å². The van der Waals surface area contributed by atoms with Gasteiger partial charge >= 0.3 is 0 Å². The van der Waals surface area contributed by atoms with Crippen LogP contribution in [0.2, 0.25) is 0 Å². The first-order chi connectivity index (χ1) is 7.75. The van der Waals surface area contributed by atoms with Crippen molar-refractivity contribution in [2.75, 3.05) is 0 Å². The van der Waals surface area contributed by atoms with Crippen LogP contribution in [0.1, 0.15) is 23.2 Å². The number of nitrogens with one attached hydrogen (secondary N) is 2. The summed E-state index contributed by atoms with van der Waals surface area (Å²) in [6, 6.07) is 4.77. The highest BCUT2D eigenvalue weighted by molar-refractivity contribution is 7.09. The summed E-state index contributed by atoms with van der Waals surface area (Å²) in [4.78, 5) is 8.79. The summed E-state index contributed by atoms with van der Waals surface area (Å²) in [6.07, 6.45) is 2.83. The van der Waals surface area contributed by atoms with Crippen LogP contribution in [-0.4, -0.2) is 16.0 Å². The number of aryl methyl sites for hydroxylation is 1. The number of hydrogen-bond donors (Lipinski definition) is 2. The predicted octanol–water partition coefficient (Wildman–Crippen LogP) is 2.50. The van der Waals surface area contributed by atoms with Crippen LogP contribution in [0.15, 0.2) is 23.8 Å². The molecule has 2 aromatic heterocycles. The fourth-order valence-corrected chi connectivity index (χ4v) is 2.47. The van der Waals surface area contributed by atoms with Crippen LogP contribution in [0.3, 0.4) is 0 Å². The van der Waals surface area contributed by atoms with Crippen LogP contribution in [0.5, 0.6) is 0 Å². The highest BCUT2D eigenvalue weighted by Crippen LogP contribution is 2.11. The molecular formula is C12H17N3S.